The summed E-state index contributed by atoms with van der Waals surface area (Å²) >= 11 is 3.07. The lowest BCUT2D eigenvalue weighted by molar-refractivity contribution is 0.0888. The van der Waals surface area contributed by atoms with Crippen LogP contribution >= 0.6 is 23.5 Å². The molecule has 0 aliphatic carbocycles. The smallest absolute Gasteiger partial charge is 0.233 e. The molecule has 0 aliphatic heterocycles. The number of carbonyl (C=O) groups is 2. The maximum Gasteiger partial charge on any atom is 0.233 e. The molecule has 0 atom stereocenters. The maximum atomic E-state index is 12.7. The summed E-state index contributed by atoms with van der Waals surface area (Å²) < 4.78 is 9.30. The number of rotatable bonds is 12. The lowest BCUT2D eigenvalue weighted by atomic mass is 10.3. The Balaban J connectivity index is 1.30. The fourth-order valence-electron chi connectivity index (χ4n) is 3.82. The molecule has 0 N–H and O–H groups in total. The van der Waals surface area contributed by atoms with Crippen LogP contribution in [0.3, 0.4) is 0 Å². The van der Waals surface area contributed by atoms with Crippen molar-refractivity contribution in [3.8, 4) is 0 Å². The Kier molecular flexibility index (Phi) is 9.01. The van der Waals surface area contributed by atoms with Crippen molar-refractivity contribution in [2.45, 2.75) is 49.8 Å². The molecule has 4 aromatic rings. The SMILES string of the molecule is CCCC(=O)n1c(SCCOCCSc2nc3ccccc3n2C(=O)CCC)nc2ccccc21. The van der Waals surface area contributed by atoms with Crippen molar-refractivity contribution in [1.29, 1.82) is 0 Å². The van der Waals surface area contributed by atoms with Gasteiger partial charge in [0.15, 0.2) is 10.3 Å². The fraction of sp³-hybridized carbons (Fsp3) is 0.385. The Bertz CT molecular complexity index is 1210. The van der Waals surface area contributed by atoms with Gasteiger partial charge in [0.25, 0.3) is 0 Å². The third kappa shape index (κ3) is 5.97. The summed E-state index contributed by atoms with van der Waals surface area (Å²) in [7, 11) is 0. The Labute approximate surface area is 213 Å². The van der Waals surface area contributed by atoms with Gasteiger partial charge in [0.2, 0.25) is 11.8 Å². The third-order valence-electron chi connectivity index (χ3n) is 5.40. The lowest BCUT2D eigenvalue weighted by Crippen LogP contribution is -2.12. The first-order chi connectivity index (χ1) is 17.1. The number of aromatic nitrogens is 4. The van der Waals surface area contributed by atoms with Crippen molar-refractivity contribution >= 4 is 57.4 Å². The number of hydrogen-bond acceptors (Lipinski definition) is 7. The summed E-state index contributed by atoms with van der Waals surface area (Å²) in [5.41, 5.74) is 3.37. The van der Waals surface area contributed by atoms with E-state index in [4.69, 9.17) is 4.74 Å². The molecule has 35 heavy (non-hydrogen) atoms. The van der Waals surface area contributed by atoms with Gasteiger partial charge < -0.3 is 4.74 Å². The van der Waals surface area contributed by atoms with Crippen molar-refractivity contribution in [2.24, 2.45) is 0 Å². The molecule has 0 radical (unpaired) electrons. The Morgan fingerprint density at radius 3 is 1.60 bits per heavy atom. The van der Waals surface area contributed by atoms with E-state index < -0.39 is 0 Å². The van der Waals surface area contributed by atoms with Gasteiger partial charge >= 0.3 is 0 Å². The second kappa shape index (κ2) is 12.4. The first-order valence-corrected chi connectivity index (χ1v) is 14.0. The first-order valence-electron chi connectivity index (χ1n) is 12.0. The van der Waals surface area contributed by atoms with Gasteiger partial charge in [-0.05, 0) is 37.1 Å². The molecule has 2 heterocycles. The number of para-hydroxylation sites is 4. The molecular formula is C26H30N4O3S2. The number of imidazole rings is 2. The molecule has 0 bridgehead atoms. The minimum atomic E-state index is 0.0709. The summed E-state index contributed by atoms with van der Waals surface area (Å²) in [5.74, 6) is 1.53. The summed E-state index contributed by atoms with van der Waals surface area (Å²) in [5, 5.41) is 1.43. The standard InChI is InChI=1S/C26H30N4O3S2/c1-3-9-23(31)29-21-13-7-5-11-19(21)27-25(29)34-17-15-33-16-18-35-26-28-20-12-6-8-14-22(20)30(26)24(32)10-4-2/h5-8,11-14H,3-4,9-10,15-18H2,1-2H3. The van der Waals surface area contributed by atoms with Crippen molar-refractivity contribution in [2.75, 3.05) is 24.7 Å². The van der Waals surface area contributed by atoms with E-state index in [0.29, 0.717) is 47.9 Å². The van der Waals surface area contributed by atoms with E-state index in [2.05, 4.69) is 9.97 Å². The van der Waals surface area contributed by atoms with Crippen LogP contribution in [0, 0.1) is 0 Å². The molecule has 2 aromatic heterocycles. The number of benzene rings is 2. The van der Waals surface area contributed by atoms with Crippen molar-refractivity contribution in [1.82, 2.24) is 19.1 Å². The molecule has 0 aliphatic rings. The van der Waals surface area contributed by atoms with E-state index in [1.807, 2.05) is 62.4 Å². The minimum Gasteiger partial charge on any atom is -0.380 e. The second-order valence-corrected chi connectivity index (χ2v) is 10.2. The highest BCUT2D eigenvalue weighted by atomic mass is 32.2. The van der Waals surface area contributed by atoms with Crippen LogP contribution in [0.25, 0.3) is 22.1 Å². The topological polar surface area (TPSA) is 79.0 Å². The van der Waals surface area contributed by atoms with Gasteiger partial charge in [-0.1, -0.05) is 61.6 Å². The average Bonchev–Trinajstić information content (AvgIpc) is 3.41. The summed E-state index contributed by atoms with van der Waals surface area (Å²) in [6, 6.07) is 15.5. The second-order valence-electron chi connectivity index (χ2n) is 8.03. The minimum absolute atomic E-state index is 0.0709. The molecule has 4 rings (SSSR count). The van der Waals surface area contributed by atoms with Gasteiger partial charge in [-0.15, -0.1) is 0 Å². The molecule has 0 saturated heterocycles. The normalized spacial score (nSPS) is 11.5. The number of nitrogens with zero attached hydrogens (tertiary/aromatic N) is 4. The zero-order valence-corrected chi connectivity index (χ0v) is 21.7. The predicted molar refractivity (Wildman–Crippen MR) is 143 cm³/mol. The average molecular weight is 511 g/mol. The van der Waals surface area contributed by atoms with Crippen LogP contribution in [0.5, 0.6) is 0 Å². The number of ether oxygens (including phenoxy) is 1. The van der Waals surface area contributed by atoms with Gasteiger partial charge in [-0.3, -0.25) is 18.7 Å². The van der Waals surface area contributed by atoms with Gasteiger partial charge in [-0.25, -0.2) is 9.97 Å². The Morgan fingerprint density at radius 2 is 1.17 bits per heavy atom. The Hall–Kier alpha value is -2.62. The molecule has 184 valence electrons. The van der Waals surface area contributed by atoms with Gasteiger partial charge in [0, 0.05) is 24.3 Å². The molecule has 0 spiro atoms. The van der Waals surface area contributed by atoms with Crippen LogP contribution in [-0.2, 0) is 4.74 Å². The van der Waals surface area contributed by atoms with E-state index in [9.17, 15) is 9.59 Å². The molecule has 0 unspecified atom stereocenters. The van der Waals surface area contributed by atoms with Crippen LogP contribution in [0.2, 0.25) is 0 Å². The zero-order valence-electron chi connectivity index (χ0n) is 20.1. The highest BCUT2D eigenvalue weighted by molar-refractivity contribution is 7.99. The molecule has 0 fully saturated rings. The van der Waals surface area contributed by atoms with E-state index in [-0.39, 0.29) is 11.8 Å². The van der Waals surface area contributed by atoms with Crippen LogP contribution < -0.4 is 0 Å². The van der Waals surface area contributed by atoms with Crippen LogP contribution in [0.1, 0.15) is 49.1 Å². The van der Waals surface area contributed by atoms with Gasteiger partial charge in [0.05, 0.1) is 35.3 Å². The van der Waals surface area contributed by atoms with Crippen molar-refractivity contribution in [3.05, 3.63) is 48.5 Å². The number of carbonyl (C=O) groups excluding carboxylic acids is 2. The Morgan fingerprint density at radius 1 is 0.743 bits per heavy atom. The van der Waals surface area contributed by atoms with Crippen LogP contribution in [0.15, 0.2) is 58.8 Å². The van der Waals surface area contributed by atoms with Gasteiger partial charge in [0.1, 0.15) is 0 Å². The van der Waals surface area contributed by atoms with Crippen LogP contribution in [0.4, 0.5) is 0 Å². The first kappa shape index (κ1) is 25.5. The zero-order chi connectivity index (χ0) is 24.6. The largest absolute Gasteiger partial charge is 0.380 e. The van der Waals surface area contributed by atoms with Crippen LogP contribution in [-0.4, -0.2) is 55.6 Å². The van der Waals surface area contributed by atoms with E-state index >= 15 is 0 Å². The summed E-state index contributed by atoms with van der Waals surface area (Å²) in [6.45, 7) is 5.10. The highest BCUT2D eigenvalue weighted by Gasteiger charge is 2.17. The van der Waals surface area contributed by atoms with Crippen molar-refractivity contribution in [3.63, 3.8) is 0 Å². The third-order valence-corrected chi connectivity index (χ3v) is 7.21. The quantitative estimate of drug-likeness (QED) is 0.167. The predicted octanol–water partition coefficient (Wildman–Crippen LogP) is 6.17. The van der Waals surface area contributed by atoms with Crippen molar-refractivity contribution < 1.29 is 14.3 Å². The van der Waals surface area contributed by atoms with E-state index in [1.165, 1.54) is 23.5 Å². The highest BCUT2D eigenvalue weighted by Crippen LogP contribution is 2.26. The monoisotopic (exact) mass is 510 g/mol. The number of thioether (sulfide) groups is 2. The van der Waals surface area contributed by atoms with E-state index in [0.717, 1.165) is 34.9 Å². The van der Waals surface area contributed by atoms with E-state index in [1.54, 1.807) is 9.13 Å². The molecule has 7 nitrogen and oxygen atoms in total. The molecule has 0 amide bonds. The number of hydrogen-bond donors (Lipinski definition) is 0. The number of fused-ring (bicyclic) bond motifs is 2. The molecule has 0 saturated carbocycles. The molecular weight excluding hydrogens is 480 g/mol. The summed E-state index contributed by atoms with van der Waals surface area (Å²) in [4.78, 5) is 34.7. The fourth-order valence-corrected chi connectivity index (χ4v) is 5.57. The summed E-state index contributed by atoms with van der Waals surface area (Å²) in [6.07, 6.45) is 2.59. The lowest BCUT2D eigenvalue weighted by Gasteiger charge is -2.08. The molecule has 2 aromatic carbocycles. The van der Waals surface area contributed by atoms with Gasteiger partial charge in [-0.2, -0.15) is 0 Å². The molecule has 9 heteroatoms. The maximum absolute atomic E-state index is 12.7.